The Bertz CT molecular complexity index is 1020. The fourth-order valence-corrected chi connectivity index (χ4v) is 3.45. The van der Waals surface area contributed by atoms with Crippen LogP contribution in [0.1, 0.15) is 5.56 Å². The molecule has 1 aromatic heterocycles. The lowest BCUT2D eigenvalue weighted by molar-refractivity contribution is 0.510. The third kappa shape index (κ3) is 3.68. The van der Waals surface area contributed by atoms with Crippen LogP contribution in [0.15, 0.2) is 57.7 Å². The van der Waals surface area contributed by atoms with Gasteiger partial charge in [-0.2, -0.15) is 0 Å². The molecule has 24 heavy (non-hydrogen) atoms. The van der Waals surface area contributed by atoms with Gasteiger partial charge in [0.2, 0.25) is 0 Å². The van der Waals surface area contributed by atoms with E-state index in [-0.39, 0.29) is 5.75 Å². The molecule has 3 rings (SSSR count). The Morgan fingerprint density at radius 2 is 1.79 bits per heavy atom. The quantitative estimate of drug-likeness (QED) is 0.740. The molecule has 0 unspecified atom stereocenters. The third-order valence-electron chi connectivity index (χ3n) is 3.66. The molecule has 0 amide bonds. The maximum absolute atomic E-state index is 11.9. The van der Waals surface area contributed by atoms with Gasteiger partial charge < -0.3 is 9.73 Å². The third-order valence-corrected chi connectivity index (χ3v) is 4.50. The zero-order valence-corrected chi connectivity index (χ0v) is 14.0. The molecule has 0 aliphatic carbocycles. The highest BCUT2D eigenvalue weighted by atomic mass is 32.2. The number of hydrogen-bond donors (Lipinski definition) is 1. The molecule has 2 aromatic carbocycles. The molecule has 0 radical (unpaired) electrons. The van der Waals surface area contributed by atoms with Crippen molar-refractivity contribution in [1.82, 2.24) is 4.57 Å². The Balaban J connectivity index is 1.75. The topological polar surface area (TPSA) is 81.3 Å². The van der Waals surface area contributed by atoms with E-state index in [1.165, 1.54) is 6.26 Å². The molecular formula is C17H18N2O4S. The Morgan fingerprint density at radius 1 is 1.08 bits per heavy atom. The summed E-state index contributed by atoms with van der Waals surface area (Å²) in [7, 11) is -3.11. The second-order valence-corrected chi connectivity index (χ2v) is 7.78. The largest absolute Gasteiger partial charge is 0.420 e. The Hall–Kier alpha value is -2.54. The van der Waals surface area contributed by atoms with Crippen molar-refractivity contribution >= 4 is 26.6 Å². The van der Waals surface area contributed by atoms with Crippen LogP contribution < -0.4 is 11.1 Å². The lowest BCUT2D eigenvalue weighted by Crippen LogP contribution is -2.20. The molecule has 3 aromatic rings. The zero-order chi connectivity index (χ0) is 17.2. The monoisotopic (exact) mass is 346 g/mol. The summed E-state index contributed by atoms with van der Waals surface area (Å²) < 4.78 is 29.8. The maximum atomic E-state index is 11.9. The average molecular weight is 346 g/mol. The number of oxazole rings is 1. The van der Waals surface area contributed by atoms with E-state index in [1.807, 2.05) is 30.3 Å². The van der Waals surface area contributed by atoms with Gasteiger partial charge in [-0.3, -0.25) is 4.57 Å². The van der Waals surface area contributed by atoms with Gasteiger partial charge in [0.05, 0.1) is 11.3 Å². The number of anilines is 1. The summed E-state index contributed by atoms with van der Waals surface area (Å²) in [5.41, 5.74) is 2.77. The summed E-state index contributed by atoms with van der Waals surface area (Å²) in [5, 5.41) is 3.20. The first-order valence-electron chi connectivity index (χ1n) is 7.52. The van der Waals surface area contributed by atoms with Gasteiger partial charge >= 0.3 is 5.76 Å². The van der Waals surface area contributed by atoms with E-state index in [4.69, 9.17) is 4.42 Å². The number of benzene rings is 2. The van der Waals surface area contributed by atoms with Crippen LogP contribution in [0.3, 0.4) is 0 Å². The minimum atomic E-state index is -3.11. The molecule has 0 saturated heterocycles. The van der Waals surface area contributed by atoms with E-state index in [9.17, 15) is 13.2 Å². The van der Waals surface area contributed by atoms with E-state index in [0.717, 1.165) is 11.2 Å². The molecule has 6 nitrogen and oxygen atoms in total. The molecule has 0 aliphatic rings. The van der Waals surface area contributed by atoms with Gasteiger partial charge in [0.15, 0.2) is 15.4 Å². The van der Waals surface area contributed by atoms with Crippen molar-refractivity contribution in [2.24, 2.45) is 0 Å². The number of nitrogens with zero attached hydrogens (tertiary/aromatic N) is 1. The fraction of sp³-hybridized carbons (Fsp3) is 0.235. The van der Waals surface area contributed by atoms with Gasteiger partial charge in [-0.1, -0.05) is 30.3 Å². The molecule has 0 atom stereocenters. The van der Waals surface area contributed by atoms with E-state index < -0.39 is 15.6 Å². The molecule has 1 heterocycles. The molecule has 0 bridgehead atoms. The normalized spacial score (nSPS) is 11.7. The lowest BCUT2D eigenvalue weighted by atomic mass is 10.2. The van der Waals surface area contributed by atoms with Crippen molar-refractivity contribution in [2.75, 3.05) is 18.1 Å². The summed E-state index contributed by atoms with van der Waals surface area (Å²) in [6.07, 6.45) is 1.21. The summed E-state index contributed by atoms with van der Waals surface area (Å²) in [4.78, 5) is 11.9. The van der Waals surface area contributed by atoms with Crippen LogP contribution >= 0.6 is 0 Å². The van der Waals surface area contributed by atoms with E-state index in [2.05, 4.69) is 5.32 Å². The standard InChI is InChI=1S/C17H18N2O4S/c1-24(21,22)12-13-6-2-3-7-14(13)18-10-11-19-15-8-4-5-9-16(15)23-17(19)20/h2-9,18H,10-12H2,1H3. The first kappa shape index (κ1) is 16.3. The van der Waals surface area contributed by atoms with Crippen LogP contribution in [0.2, 0.25) is 0 Å². The van der Waals surface area contributed by atoms with Gasteiger partial charge in [0.1, 0.15) is 0 Å². The van der Waals surface area contributed by atoms with Crippen LogP contribution in [0.4, 0.5) is 5.69 Å². The van der Waals surface area contributed by atoms with Crippen molar-refractivity contribution in [3.05, 3.63) is 64.6 Å². The van der Waals surface area contributed by atoms with Crippen LogP contribution in [0.25, 0.3) is 11.1 Å². The lowest BCUT2D eigenvalue weighted by Gasteiger charge is -2.11. The van der Waals surface area contributed by atoms with Gasteiger partial charge in [0, 0.05) is 25.0 Å². The summed E-state index contributed by atoms with van der Waals surface area (Å²) in [6, 6.07) is 14.5. The first-order valence-corrected chi connectivity index (χ1v) is 9.58. The molecule has 126 valence electrons. The second-order valence-electron chi connectivity index (χ2n) is 5.64. The number of hydrogen-bond acceptors (Lipinski definition) is 5. The molecule has 1 N–H and O–H groups in total. The van der Waals surface area contributed by atoms with Crippen LogP contribution in [-0.2, 0) is 22.1 Å². The minimum absolute atomic E-state index is 0.0231. The summed E-state index contributed by atoms with van der Waals surface area (Å²) in [6.45, 7) is 0.896. The van der Waals surface area contributed by atoms with Crippen LogP contribution in [-0.4, -0.2) is 25.8 Å². The van der Waals surface area contributed by atoms with E-state index in [1.54, 1.807) is 22.8 Å². The van der Waals surface area contributed by atoms with Crippen LogP contribution in [0.5, 0.6) is 0 Å². The Labute approximate surface area is 139 Å². The summed E-state index contributed by atoms with van der Waals surface area (Å²) >= 11 is 0. The zero-order valence-electron chi connectivity index (χ0n) is 13.2. The molecule has 0 saturated carbocycles. The number of para-hydroxylation sites is 3. The van der Waals surface area contributed by atoms with Crippen molar-refractivity contribution in [2.45, 2.75) is 12.3 Å². The highest BCUT2D eigenvalue weighted by Crippen LogP contribution is 2.18. The number of sulfone groups is 1. The summed E-state index contributed by atoms with van der Waals surface area (Å²) in [5.74, 6) is -0.424. The Kier molecular flexibility index (Phi) is 4.44. The molecule has 0 aliphatic heterocycles. The predicted octanol–water partition coefficient (Wildman–Crippen LogP) is 2.25. The fourth-order valence-electron chi connectivity index (χ4n) is 2.63. The van der Waals surface area contributed by atoms with Gasteiger partial charge in [-0.05, 0) is 23.8 Å². The highest BCUT2D eigenvalue weighted by molar-refractivity contribution is 7.89. The number of fused-ring (bicyclic) bond motifs is 1. The molecule has 0 fully saturated rings. The molecule has 0 spiro atoms. The van der Waals surface area contributed by atoms with E-state index >= 15 is 0 Å². The van der Waals surface area contributed by atoms with Gasteiger partial charge in [-0.15, -0.1) is 0 Å². The van der Waals surface area contributed by atoms with Crippen molar-refractivity contribution in [1.29, 1.82) is 0 Å². The molecule has 7 heteroatoms. The number of rotatable bonds is 6. The average Bonchev–Trinajstić information content (AvgIpc) is 2.83. The second kappa shape index (κ2) is 6.52. The minimum Gasteiger partial charge on any atom is -0.408 e. The smallest absolute Gasteiger partial charge is 0.408 e. The van der Waals surface area contributed by atoms with Crippen molar-refractivity contribution < 1.29 is 12.8 Å². The van der Waals surface area contributed by atoms with Crippen molar-refractivity contribution in [3.63, 3.8) is 0 Å². The predicted molar refractivity (Wildman–Crippen MR) is 94.0 cm³/mol. The van der Waals surface area contributed by atoms with Gasteiger partial charge in [0.25, 0.3) is 0 Å². The highest BCUT2D eigenvalue weighted by Gasteiger charge is 2.10. The molecular weight excluding hydrogens is 328 g/mol. The van der Waals surface area contributed by atoms with E-state index in [0.29, 0.717) is 24.2 Å². The maximum Gasteiger partial charge on any atom is 0.420 e. The first-order chi connectivity index (χ1) is 11.4. The SMILES string of the molecule is CS(=O)(=O)Cc1ccccc1NCCn1c(=O)oc2ccccc21. The number of aromatic nitrogens is 1. The van der Waals surface area contributed by atoms with Crippen molar-refractivity contribution in [3.8, 4) is 0 Å². The van der Waals surface area contributed by atoms with Gasteiger partial charge in [-0.25, -0.2) is 13.2 Å². The van der Waals surface area contributed by atoms with Crippen LogP contribution in [0, 0.1) is 0 Å². The Morgan fingerprint density at radius 3 is 2.58 bits per heavy atom. The number of nitrogens with one attached hydrogen (secondary N) is 1.